The molecule has 2 unspecified atom stereocenters. The van der Waals surface area contributed by atoms with Crippen LogP contribution in [-0.4, -0.2) is 18.8 Å². The van der Waals surface area contributed by atoms with E-state index >= 15 is 0 Å². The van der Waals surface area contributed by atoms with Crippen molar-refractivity contribution in [1.29, 1.82) is 0 Å². The minimum atomic E-state index is 0.296. The van der Waals surface area contributed by atoms with Crippen molar-refractivity contribution < 1.29 is 4.74 Å². The van der Waals surface area contributed by atoms with Crippen molar-refractivity contribution in [2.45, 2.75) is 58.1 Å². The SMILES string of the molecule is Cc1cc(C)cc(CC(CC2CCCCO2)NN)c1. The summed E-state index contributed by atoms with van der Waals surface area (Å²) in [4.78, 5) is 0. The van der Waals surface area contributed by atoms with E-state index in [-0.39, 0.29) is 0 Å². The van der Waals surface area contributed by atoms with Crippen LogP contribution in [0.5, 0.6) is 0 Å². The number of aryl methyl sites for hydroxylation is 2. The second-order valence-corrected chi connectivity index (χ2v) is 5.79. The fourth-order valence-corrected chi connectivity index (χ4v) is 2.99. The molecule has 0 spiro atoms. The van der Waals surface area contributed by atoms with E-state index in [0.29, 0.717) is 12.1 Å². The van der Waals surface area contributed by atoms with E-state index in [0.717, 1.165) is 19.4 Å². The maximum atomic E-state index is 5.80. The van der Waals surface area contributed by atoms with Gasteiger partial charge in [-0.1, -0.05) is 29.3 Å². The first-order valence-corrected chi connectivity index (χ1v) is 7.32. The zero-order valence-electron chi connectivity index (χ0n) is 12.1. The summed E-state index contributed by atoms with van der Waals surface area (Å²) in [7, 11) is 0. The molecule has 1 saturated heterocycles. The van der Waals surface area contributed by atoms with Crippen LogP contribution in [0.2, 0.25) is 0 Å². The van der Waals surface area contributed by atoms with Gasteiger partial charge in [-0.3, -0.25) is 11.3 Å². The maximum absolute atomic E-state index is 5.80. The molecular weight excluding hydrogens is 236 g/mol. The van der Waals surface area contributed by atoms with E-state index < -0.39 is 0 Å². The molecule has 0 aromatic heterocycles. The Kier molecular flexibility index (Phi) is 5.37. The highest BCUT2D eigenvalue weighted by atomic mass is 16.5. The highest BCUT2D eigenvalue weighted by Crippen LogP contribution is 2.19. The third-order valence-corrected chi connectivity index (χ3v) is 3.82. The van der Waals surface area contributed by atoms with Crippen molar-refractivity contribution in [3.8, 4) is 0 Å². The molecule has 2 rings (SSSR count). The number of nitrogens with two attached hydrogens (primary N) is 1. The number of benzene rings is 1. The molecule has 1 heterocycles. The number of ether oxygens (including phenoxy) is 1. The van der Waals surface area contributed by atoms with Crippen molar-refractivity contribution in [3.05, 3.63) is 34.9 Å². The average molecular weight is 262 g/mol. The number of rotatable bonds is 5. The Hall–Kier alpha value is -0.900. The molecule has 2 atom stereocenters. The molecule has 0 saturated carbocycles. The lowest BCUT2D eigenvalue weighted by Crippen LogP contribution is -2.40. The van der Waals surface area contributed by atoms with Gasteiger partial charge in [0.15, 0.2) is 0 Å². The smallest absolute Gasteiger partial charge is 0.0590 e. The molecule has 1 aromatic rings. The molecular formula is C16H26N2O. The van der Waals surface area contributed by atoms with Crippen LogP contribution in [0, 0.1) is 13.8 Å². The highest BCUT2D eigenvalue weighted by Gasteiger charge is 2.19. The number of hydrogen-bond donors (Lipinski definition) is 2. The zero-order chi connectivity index (χ0) is 13.7. The molecule has 0 aliphatic carbocycles. The van der Waals surface area contributed by atoms with Gasteiger partial charge >= 0.3 is 0 Å². The van der Waals surface area contributed by atoms with Gasteiger partial charge in [0.25, 0.3) is 0 Å². The summed E-state index contributed by atoms with van der Waals surface area (Å²) < 4.78 is 5.80. The summed E-state index contributed by atoms with van der Waals surface area (Å²) >= 11 is 0. The minimum absolute atomic E-state index is 0.296. The Morgan fingerprint density at radius 3 is 2.58 bits per heavy atom. The molecule has 0 amide bonds. The summed E-state index contributed by atoms with van der Waals surface area (Å²) in [5.74, 6) is 5.71. The first kappa shape index (κ1) is 14.5. The maximum Gasteiger partial charge on any atom is 0.0590 e. The Morgan fingerprint density at radius 1 is 1.26 bits per heavy atom. The van der Waals surface area contributed by atoms with Crippen molar-refractivity contribution in [1.82, 2.24) is 5.43 Å². The fourth-order valence-electron chi connectivity index (χ4n) is 2.99. The largest absolute Gasteiger partial charge is 0.378 e. The van der Waals surface area contributed by atoms with Crippen molar-refractivity contribution >= 4 is 0 Å². The summed E-state index contributed by atoms with van der Waals surface area (Å²) in [6.07, 6.45) is 6.01. The van der Waals surface area contributed by atoms with E-state index in [2.05, 4.69) is 37.5 Å². The molecule has 19 heavy (non-hydrogen) atoms. The van der Waals surface area contributed by atoms with Gasteiger partial charge < -0.3 is 4.74 Å². The lowest BCUT2D eigenvalue weighted by molar-refractivity contribution is 0.00524. The summed E-state index contributed by atoms with van der Waals surface area (Å²) in [6, 6.07) is 7.00. The van der Waals surface area contributed by atoms with Gasteiger partial charge in [-0.15, -0.1) is 0 Å². The van der Waals surface area contributed by atoms with Crippen LogP contribution in [0.4, 0.5) is 0 Å². The second-order valence-electron chi connectivity index (χ2n) is 5.79. The van der Waals surface area contributed by atoms with Crippen LogP contribution in [0.15, 0.2) is 18.2 Å². The van der Waals surface area contributed by atoms with E-state index in [1.54, 1.807) is 0 Å². The molecule has 0 bridgehead atoms. The van der Waals surface area contributed by atoms with Gasteiger partial charge in [-0.2, -0.15) is 0 Å². The van der Waals surface area contributed by atoms with E-state index in [9.17, 15) is 0 Å². The van der Waals surface area contributed by atoms with Crippen molar-refractivity contribution in [3.63, 3.8) is 0 Å². The van der Waals surface area contributed by atoms with Gasteiger partial charge in [-0.25, -0.2) is 0 Å². The van der Waals surface area contributed by atoms with Crippen LogP contribution in [0.1, 0.15) is 42.4 Å². The van der Waals surface area contributed by atoms with E-state index in [1.807, 2.05) is 0 Å². The van der Waals surface area contributed by atoms with Crippen LogP contribution < -0.4 is 11.3 Å². The molecule has 1 fully saturated rings. The molecule has 106 valence electrons. The average Bonchev–Trinajstić information content (AvgIpc) is 2.38. The molecule has 3 nitrogen and oxygen atoms in total. The molecule has 1 aliphatic rings. The number of nitrogens with one attached hydrogen (secondary N) is 1. The minimum Gasteiger partial charge on any atom is -0.378 e. The predicted molar refractivity (Wildman–Crippen MR) is 78.9 cm³/mol. The van der Waals surface area contributed by atoms with Crippen molar-refractivity contribution in [2.75, 3.05) is 6.61 Å². The first-order chi connectivity index (χ1) is 9.17. The quantitative estimate of drug-likeness (QED) is 0.633. The Balaban J connectivity index is 1.93. The lowest BCUT2D eigenvalue weighted by Gasteiger charge is -2.26. The van der Waals surface area contributed by atoms with Gasteiger partial charge in [0.05, 0.1) is 6.10 Å². The summed E-state index contributed by atoms with van der Waals surface area (Å²) in [5.41, 5.74) is 6.95. The molecule has 1 aromatic carbocycles. The predicted octanol–water partition coefficient (Wildman–Crippen LogP) is 2.64. The third-order valence-electron chi connectivity index (χ3n) is 3.82. The van der Waals surface area contributed by atoms with Crippen LogP contribution in [-0.2, 0) is 11.2 Å². The number of hydrazine groups is 1. The van der Waals surface area contributed by atoms with E-state index in [1.165, 1.54) is 36.0 Å². The van der Waals surface area contributed by atoms with E-state index in [4.69, 9.17) is 10.6 Å². The third kappa shape index (κ3) is 4.60. The van der Waals surface area contributed by atoms with Crippen LogP contribution in [0.25, 0.3) is 0 Å². The fraction of sp³-hybridized carbons (Fsp3) is 0.625. The molecule has 0 radical (unpaired) electrons. The summed E-state index contributed by atoms with van der Waals surface area (Å²) in [5, 5.41) is 0. The Morgan fingerprint density at radius 2 is 2.00 bits per heavy atom. The van der Waals surface area contributed by atoms with Gasteiger partial charge in [0, 0.05) is 12.6 Å². The highest BCUT2D eigenvalue weighted by molar-refractivity contribution is 5.29. The Bertz CT molecular complexity index is 379. The normalized spacial score (nSPS) is 21.3. The topological polar surface area (TPSA) is 47.3 Å². The van der Waals surface area contributed by atoms with Crippen molar-refractivity contribution in [2.24, 2.45) is 5.84 Å². The monoisotopic (exact) mass is 262 g/mol. The zero-order valence-corrected chi connectivity index (χ0v) is 12.1. The molecule has 3 heteroatoms. The Labute approximate surface area is 116 Å². The standard InChI is InChI=1S/C16H26N2O/c1-12-7-13(2)9-14(8-12)10-15(18-17)11-16-5-3-4-6-19-16/h7-9,15-16,18H,3-6,10-11,17H2,1-2H3. The second kappa shape index (κ2) is 7.04. The van der Waals surface area contributed by atoms with Gasteiger partial charge in [-0.05, 0) is 51.5 Å². The lowest BCUT2D eigenvalue weighted by atomic mass is 9.96. The molecule has 1 aliphatic heterocycles. The van der Waals surface area contributed by atoms with Gasteiger partial charge in [0.1, 0.15) is 0 Å². The summed E-state index contributed by atoms with van der Waals surface area (Å²) in [6.45, 7) is 5.20. The van der Waals surface area contributed by atoms with Crippen LogP contribution >= 0.6 is 0 Å². The first-order valence-electron chi connectivity index (χ1n) is 7.32. The van der Waals surface area contributed by atoms with Crippen LogP contribution in [0.3, 0.4) is 0 Å². The number of hydrogen-bond acceptors (Lipinski definition) is 3. The van der Waals surface area contributed by atoms with Gasteiger partial charge in [0.2, 0.25) is 0 Å². The molecule has 3 N–H and O–H groups in total.